The Bertz CT molecular complexity index is 711. The minimum absolute atomic E-state index is 0.128. The van der Waals surface area contributed by atoms with Gasteiger partial charge in [-0.05, 0) is 64.5 Å². The number of carbonyl (C=O) groups is 2. The third kappa shape index (κ3) is 34.5. The van der Waals surface area contributed by atoms with Crippen molar-refractivity contribution >= 4 is 11.9 Å². The van der Waals surface area contributed by atoms with E-state index in [2.05, 4.69) is 23.6 Å². The van der Waals surface area contributed by atoms with Gasteiger partial charge in [-0.15, -0.1) is 0 Å². The molecular weight excluding hydrogens is 652 g/mol. The molecule has 0 bridgehead atoms. The maximum absolute atomic E-state index is 12.5. The average Bonchev–Trinajstić information content (AvgIpc) is 3.68. The number of esters is 2. The van der Waals surface area contributed by atoms with E-state index in [0.717, 1.165) is 91.1 Å². The van der Waals surface area contributed by atoms with E-state index in [4.69, 9.17) is 18.9 Å². The standard InChI is InChI=1S/C44H86N2O6/c1-3-5-7-9-15-23-37-49-39-25-17-11-13-19-27-41-51-43(47)29-33-46(36-35-45-31-21-22-32-45)34-30-44(48)52-42-28-20-14-12-18-26-40-50-38-24-16-10-8-6-4-2/h3-42H2,1-2H3. The molecule has 8 heteroatoms. The molecule has 0 aromatic rings. The molecule has 0 aliphatic carbocycles. The van der Waals surface area contributed by atoms with Crippen molar-refractivity contribution in [2.45, 2.75) is 194 Å². The molecule has 1 rings (SSSR count). The van der Waals surface area contributed by atoms with Crippen molar-refractivity contribution in [2.24, 2.45) is 0 Å². The summed E-state index contributed by atoms with van der Waals surface area (Å²) in [6, 6.07) is 0. The zero-order chi connectivity index (χ0) is 37.4. The van der Waals surface area contributed by atoms with Gasteiger partial charge in [0.25, 0.3) is 0 Å². The highest BCUT2D eigenvalue weighted by atomic mass is 16.5. The lowest BCUT2D eigenvalue weighted by Crippen LogP contribution is -2.36. The van der Waals surface area contributed by atoms with Crippen LogP contribution in [0.5, 0.6) is 0 Å². The van der Waals surface area contributed by atoms with Gasteiger partial charge in [-0.1, -0.05) is 129 Å². The highest BCUT2D eigenvalue weighted by Gasteiger charge is 2.16. The highest BCUT2D eigenvalue weighted by Crippen LogP contribution is 2.11. The molecule has 0 atom stereocenters. The molecule has 8 nitrogen and oxygen atoms in total. The lowest BCUT2D eigenvalue weighted by molar-refractivity contribution is -0.144. The Labute approximate surface area is 322 Å². The molecule has 0 aromatic heterocycles. The van der Waals surface area contributed by atoms with Crippen LogP contribution in [0.15, 0.2) is 0 Å². The molecule has 1 heterocycles. The third-order valence-electron chi connectivity index (χ3n) is 10.4. The number of hydrogen-bond donors (Lipinski definition) is 0. The van der Waals surface area contributed by atoms with E-state index in [-0.39, 0.29) is 11.9 Å². The number of likely N-dealkylation sites (tertiary alicyclic amines) is 1. The van der Waals surface area contributed by atoms with Gasteiger partial charge in [0.15, 0.2) is 0 Å². The van der Waals surface area contributed by atoms with Crippen molar-refractivity contribution in [3.8, 4) is 0 Å². The molecule has 0 saturated carbocycles. The van der Waals surface area contributed by atoms with E-state index in [1.54, 1.807) is 0 Å². The summed E-state index contributed by atoms with van der Waals surface area (Å²) in [5.41, 5.74) is 0. The third-order valence-corrected chi connectivity index (χ3v) is 10.4. The van der Waals surface area contributed by atoms with Crippen molar-refractivity contribution in [1.29, 1.82) is 0 Å². The second-order valence-electron chi connectivity index (χ2n) is 15.3. The number of hydrogen-bond acceptors (Lipinski definition) is 8. The van der Waals surface area contributed by atoms with E-state index in [0.29, 0.717) is 39.1 Å². The van der Waals surface area contributed by atoms with Crippen LogP contribution in [0.25, 0.3) is 0 Å². The zero-order valence-corrected chi connectivity index (χ0v) is 34.6. The van der Waals surface area contributed by atoms with Crippen molar-refractivity contribution in [1.82, 2.24) is 9.80 Å². The summed E-state index contributed by atoms with van der Waals surface area (Å²) in [5.74, 6) is -0.256. The lowest BCUT2D eigenvalue weighted by atomic mass is 10.1. The predicted octanol–water partition coefficient (Wildman–Crippen LogP) is 10.7. The minimum Gasteiger partial charge on any atom is -0.466 e. The Hall–Kier alpha value is -1.22. The number of rotatable bonds is 41. The Morgan fingerprint density at radius 3 is 1.13 bits per heavy atom. The molecule has 0 N–H and O–H groups in total. The first kappa shape index (κ1) is 48.8. The zero-order valence-electron chi connectivity index (χ0n) is 34.6. The summed E-state index contributed by atoms with van der Waals surface area (Å²) in [4.78, 5) is 29.7. The lowest BCUT2D eigenvalue weighted by Gasteiger charge is -2.24. The topological polar surface area (TPSA) is 77.5 Å². The molecule has 1 aliphatic rings. The van der Waals surface area contributed by atoms with Gasteiger partial charge in [-0.3, -0.25) is 9.59 Å². The Kier molecular flexibility index (Phi) is 37.0. The molecule has 52 heavy (non-hydrogen) atoms. The molecule has 0 aromatic carbocycles. The maximum atomic E-state index is 12.5. The summed E-state index contributed by atoms with van der Waals surface area (Å²) >= 11 is 0. The normalized spacial score (nSPS) is 13.4. The monoisotopic (exact) mass is 739 g/mol. The van der Waals surface area contributed by atoms with Gasteiger partial charge >= 0.3 is 11.9 Å². The fourth-order valence-corrected chi connectivity index (χ4v) is 6.84. The molecule has 0 unspecified atom stereocenters. The molecule has 1 fully saturated rings. The summed E-state index contributed by atoms with van der Waals surface area (Å²) in [5, 5.41) is 0. The first-order valence-corrected chi connectivity index (χ1v) is 22.6. The van der Waals surface area contributed by atoms with Crippen LogP contribution in [0.2, 0.25) is 0 Å². The second kappa shape index (κ2) is 39.5. The smallest absolute Gasteiger partial charge is 0.307 e. The number of carbonyl (C=O) groups excluding carboxylic acids is 2. The Morgan fingerprint density at radius 2 is 0.769 bits per heavy atom. The number of ether oxygens (including phenoxy) is 4. The molecular formula is C44H86N2O6. The van der Waals surface area contributed by atoms with Crippen LogP contribution in [0.1, 0.15) is 194 Å². The van der Waals surface area contributed by atoms with Crippen LogP contribution in [-0.4, -0.2) is 101 Å². The van der Waals surface area contributed by atoms with Gasteiger partial charge in [-0.25, -0.2) is 0 Å². The van der Waals surface area contributed by atoms with Crippen LogP contribution >= 0.6 is 0 Å². The largest absolute Gasteiger partial charge is 0.466 e. The van der Waals surface area contributed by atoms with Gasteiger partial charge in [0, 0.05) is 52.6 Å². The predicted molar refractivity (Wildman–Crippen MR) is 217 cm³/mol. The van der Waals surface area contributed by atoms with Crippen molar-refractivity contribution in [3.05, 3.63) is 0 Å². The molecule has 0 spiro atoms. The van der Waals surface area contributed by atoms with E-state index >= 15 is 0 Å². The van der Waals surface area contributed by atoms with E-state index in [9.17, 15) is 9.59 Å². The summed E-state index contributed by atoms with van der Waals surface area (Å²) in [6.07, 6.45) is 32.6. The van der Waals surface area contributed by atoms with Crippen LogP contribution in [0.4, 0.5) is 0 Å². The summed E-state index contributed by atoms with van der Waals surface area (Å²) in [6.45, 7) is 14.6. The Balaban J connectivity index is 2.03. The number of nitrogens with zero attached hydrogens (tertiary/aromatic N) is 2. The van der Waals surface area contributed by atoms with Crippen molar-refractivity contribution in [3.63, 3.8) is 0 Å². The molecule has 1 saturated heterocycles. The van der Waals surface area contributed by atoms with Gasteiger partial charge < -0.3 is 28.7 Å². The Morgan fingerprint density at radius 1 is 0.442 bits per heavy atom. The fraction of sp³-hybridized carbons (Fsp3) is 0.955. The van der Waals surface area contributed by atoms with Gasteiger partial charge in [0.2, 0.25) is 0 Å². The molecule has 308 valence electrons. The maximum Gasteiger partial charge on any atom is 0.307 e. The fourth-order valence-electron chi connectivity index (χ4n) is 6.84. The van der Waals surface area contributed by atoms with Crippen LogP contribution < -0.4 is 0 Å². The van der Waals surface area contributed by atoms with Crippen LogP contribution in [-0.2, 0) is 28.5 Å². The first-order valence-electron chi connectivity index (χ1n) is 22.6. The summed E-state index contributed by atoms with van der Waals surface area (Å²) < 4.78 is 22.7. The van der Waals surface area contributed by atoms with E-state index < -0.39 is 0 Å². The quantitative estimate of drug-likeness (QED) is 0.0453. The van der Waals surface area contributed by atoms with Gasteiger partial charge in [-0.2, -0.15) is 0 Å². The van der Waals surface area contributed by atoms with Crippen LogP contribution in [0, 0.1) is 0 Å². The van der Waals surface area contributed by atoms with Gasteiger partial charge in [0.1, 0.15) is 0 Å². The molecule has 1 aliphatic heterocycles. The second-order valence-corrected chi connectivity index (χ2v) is 15.3. The van der Waals surface area contributed by atoms with Crippen LogP contribution in [0.3, 0.4) is 0 Å². The first-order chi connectivity index (χ1) is 25.7. The minimum atomic E-state index is -0.128. The summed E-state index contributed by atoms with van der Waals surface area (Å²) in [7, 11) is 0. The average molecular weight is 739 g/mol. The molecule has 0 amide bonds. The van der Waals surface area contributed by atoms with E-state index in [1.165, 1.54) is 128 Å². The number of unbranched alkanes of at least 4 members (excludes halogenated alkanes) is 20. The van der Waals surface area contributed by atoms with E-state index in [1.807, 2.05) is 0 Å². The van der Waals surface area contributed by atoms with Crippen molar-refractivity contribution < 1.29 is 28.5 Å². The SMILES string of the molecule is CCCCCCCCOCCCCCCCCOC(=O)CCN(CCC(=O)OCCCCCCCCOCCCCCCCC)CCN1CCCC1. The highest BCUT2D eigenvalue weighted by molar-refractivity contribution is 5.70. The molecule has 0 radical (unpaired) electrons. The van der Waals surface area contributed by atoms with Gasteiger partial charge in [0.05, 0.1) is 26.1 Å². The van der Waals surface area contributed by atoms with Crippen molar-refractivity contribution in [2.75, 3.05) is 78.9 Å².